The summed E-state index contributed by atoms with van der Waals surface area (Å²) in [5.74, 6) is 1.79. The van der Waals surface area contributed by atoms with Gasteiger partial charge >= 0.3 is 0 Å². The minimum absolute atomic E-state index is 0. The lowest BCUT2D eigenvalue weighted by atomic mass is 9.85. The molecular formula is C27H34FN5O3. The SMILES string of the molecule is C.COc1ccc2c(c1)COc1cc(F)c(OC)cc1C2=C1CCN(CC(C)(C)c2nn[nH]n2)CC1. The number of hydrogen-bond acceptors (Lipinski definition) is 7. The molecule has 8 nitrogen and oxygen atoms in total. The quantitative estimate of drug-likeness (QED) is 0.546. The highest BCUT2D eigenvalue weighted by Gasteiger charge is 2.31. The van der Waals surface area contributed by atoms with Gasteiger partial charge in [0.2, 0.25) is 0 Å². The first kappa shape index (κ1) is 25.6. The Bertz CT molecular complexity index is 1250. The predicted octanol–water partition coefficient (Wildman–Crippen LogP) is 4.76. The second kappa shape index (κ2) is 10.3. The topological polar surface area (TPSA) is 85.4 Å². The van der Waals surface area contributed by atoms with Crippen molar-refractivity contribution in [2.24, 2.45) is 0 Å². The van der Waals surface area contributed by atoms with Gasteiger partial charge in [0.15, 0.2) is 17.4 Å². The molecule has 0 radical (unpaired) electrons. The van der Waals surface area contributed by atoms with E-state index >= 15 is 0 Å². The van der Waals surface area contributed by atoms with Crippen molar-refractivity contribution in [1.29, 1.82) is 0 Å². The van der Waals surface area contributed by atoms with E-state index in [1.807, 2.05) is 12.1 Å². The summed E-state index contributed by atoms with van der Waals surface area (Å²) in [5.41, 5.74) is 5.18. The Hall–Kier alpha value is -3.46. The van der Waals surface area contributed by atoms with Gasteiger partial charge in [-0.25, -0.2) is 4.39 Å². The molecule has 0 spiro atoms. The minimum atomic E-state index is -0.433. The van der Waals surface area contributed by atoms with Crippen LogP contribution in [0.3, 0.4) is 0 Å². The van der Waals surface area contributed by atoms with Gasteiger partial charge < -0.3 is 19.1 Å². The van der Waals surface area contributed by atoms with Crippen molar-refractivity contribution in [3.63, 3.8) is 0 Å². The molecule has 0 atom stereocenters. The molecule has 0 aliphatic carbocycles. The molecule has 192 valence electrons. The highest BCUT2D eigenvalue weighted by molar-refractivity contribution is 5.88. The van der Waals surface area contributed by atoms with Gasteiger partial charge in [-0.2, -0.15) is 5.21 Å². The summed E-state index contributed by atoms with van der Waals surface area (Å²) in [6.45, 7) is 7.25. The first-order valence-corrected chi connectivity index (χ1v) is 11.8. The summed E-state index contributed by atoms with van der Waals surface area (Å²) in [4.78, 5) is 2.44. The summed E-state index contributed by atoms with van der Waals surface area (Å²) in [6, 6.07) is 9.24. The van der Waals surface area contributed by atoms with Crippen LogP contribution in [-0.4, -0.2) is 59.4 Å². The summed E-state index contributed by atoms with van der Waals surface area (Å²) in [7, 11) is 3.14. The molecular weight excluding hydrogens is 461 g/mol. The van der Waals surface area contributed by atoms with E-state index in [1.54, 1.807) is 13.2 Å². The van der Waals surface area contributed by atoms with Gasteiger partial charge in [-0.15, -0.1) is 10.2 Å². The van der Waals surface area contributed by atoms with Crippen LogP contribution in [0.5, 0.6) is 17.2 Å². The number of rotatable bonds is 5. The summed E-state index contributed by atoms with van der Waals surface area (Å²) in [6.07, 6.45) is 1.78. The van der Waals surface area contributed by atoms with Crippen LogP contribution in [0.15, 0.2) is 35.9 Å². The van der Waals surface area contributed by atoms with Crippen LogP contribution < -0.4 is 14.2 Å². The zero-order chi connectivity index (χ0) is 24.6. The highest BCUT2D eigenvalue weighted by atomic mass is 19.1. The highest BCUT2D eigenvalue weighted by Crippen LogP contribution is 2.44. The fourth-order valence-electron chi connectivity index (χ4n) is 5.06. The fourth-order valence-corrected chi connectivity index (χ4v) is 5.06. The second-order valence-electron chi connectivity index (χ2n) is 9.67. The molecule has 5 rings (SSSR count). The van der Waals surface area contributed by atoms with Crippen molar-refractivity contribution < 1.29 is 18.6 Å². The number of aromatic nitrogens is 4. The van der Waals surface area contributed by atoms with Gasteiger partial charge in [0.1, 0.15) is 18.1 Å². The number of aromatic amines is 1. The predicted molar refractivity (Wildman–Crippen MR) is 136 cm³/mol. The van der Waals surface area contributed by atoms with Crippen LogP contribution in [-0.2, 0) is 12.0 Å². The lowest BCUT2D eigenvalue weighted by molar-refractivity contribution is 0.206. The number of ether oxygens (including phenoxy) is 3. The van der Waals surface area contributed by atoms with Gasteiger partial charge in [-0.1, -0.05) is 38.1 Å². The second-order valence-corrected chi connectivity index (χ2v) is 9.67. The lowest BCUT2D eigenvalue weighted by Gasteiger charge is -2.35. The fraction of sp³-hybridized carbons (Fsp3) is 0.444. The molecule has 1 fully saturated rings. The Balaban J connectivity index is 0.00000304. The maximum absolute atomic E-state index is 14.6. The molecule has 0 unspecified atom stereocenters. The van der Waals surface area contributed by atoms with E-state index in [9.17, 15) is 4.39 Å². The molecule has 0 amide bonds. The van der Waals surface area contributed by atoms with Crippen molar-refractivity contribution in [3.05, 3.63) is 64.2 Å². The number of nitrogens with zero attached hydrogens (tertiary/aromatic N) is 4. The summed E-state index contributed by atoms with van der Waals surface area (Å²) < 4.78 is 31.4. The standard InChI is InChI=1S/C26H30FN5O3.CH4/c1-26(2,25-28-30-31-29-25)15-32-9-7-16(8-10-32)24-19-6-5-18(33-3)11-17(19)14-35-22-13-21(27)23(34-4)12-20(22)24;/h5-6,11-13H,7-10,14-15H2,1-4H3,(H,28,29,30,31);1H4. The van der Waals surface area contributed by atoms with Crippen LogP contribution in [0.25, 0.3) is 5.57 Å². The van der Waals surface area contributed by atoms with Gasteiger partial charge in [0.05, 0.1) is 14.2 Å². The van der Waals surface area contributed by atoms with Crippen molar-refractivity contribution in [2.75, 3.05) is 33.9 Å². The number of tetrazole rings is 1. The number of nitrogens with one attached hydrogen (secondary N) is 1. The Kier molecular flexibility index (Phi) is 7.31. The molecule has 3 heterocycles. The van der Waals surface area contributed by atoms with Crippen LogP contribution >= 0.6 is 0 Å². The summed E-state index contributed by atoms with van der Waals surface area (Å²) in [5, 5.41) is 14.7. The Labute approximate surface area is 211 Å². The molecule has 2 aromatic carbocycles. The van der Waals surface area contributed by atoms with Crippen LogP contribution in [0, 0.1) is 5.82 Å². The number of piperidine rings is 1. The molecule has 2 aliphatic heterocycles. The zero-order valence-corrected chi connectivity index (χ0v) is 20.5. The van der Waals surface area contributed by atoms with E-state index in [1.165, 1.54) is 18.7 Å². The van der Waals surface area contributed by atoms with Crippen molar-refractivity contribution in [3.8, 4) is 17.2 Å². The Morgan fingerprint density at radius 3 is 2.53 bits per heavy atom. The van der Waals surface area contributed by atoms with Gasteiger partial charge in [-0.3, -0.25) is 0 Å². The van der Waals surface area contributed by atoms with Crippen molar-refractivity contribution >= 4 is 5.57 Å². The monoisotopic (exact) mass is 495 g/mol. The molecule has 9 heteroatoms. The third-order valence-corrected chi connectivity index (χ3v) is 6.87. The molecule has 36 heavy (non-hydrogen) atoms. The summed E-state index contributed by atoms with van der Waals surface area (Å²) >= 11 is 0. The van der Waals surface area contributed by atoms with E-state index in [0.717, 1.165) is 60.5 Å². The molecule has 1 N–H and O–H groups in total. The molecule has 1 saturated heterocycles. The number of halogens is 1. The number of H-pyrrole nitrogens is 1. The van der Waals surface area contributed by atoms with E-state index in [0.29, 0.717) is 18.2 Å². The Morgan fingerprint density at radius 2 is 1.86 bits per heavy atom. The minimum Gasteiger partial charge on any atom is -0.497 e. The largest absolute Gasteiger partial charge is 0.497 e. The van der Waals surface area contributed by atoms with E-state index in [2.05, 4.69) is 45.4 Å². The van der Waals surface area contributed by atoms with Crippen LogP contribution in [0.1, 0.15) is 56.6 Å². The Morgan fingerprint density at radius 1 is 1.08 bits per heavy atom. The van der Waals surface area contributed by atoms with Crippen LogP contribution in [0.2, 0.25) is 0 Å². The third kappa shape index (κ3) is 4.80. The molecule has 1 aromatic heterocycles. The lowest BCUT2D eigenvalue weighted by Crippen LogP contribution is -2.41. The number of methoxy groups -OCH3 is 2. The molecule has 2 aliphatic rings. The first-order valence-electron chi connectivity index (χ1n) is 11.8. The number of hydrogen-bond donors (Lipinski definition) is 1. The maximum atomic E-state index is 14.6. The van der Waals surface area contributed by atoms with Crippen molar-refractivity contribution in [2.45, 2.75) is 46.1 Å². The maximum Gasteiger partial charge on any atom is 0.181 e. The average Bonchev–Trinajstić information content (AvgIpc) is 3.36. The molecule has 3 aromatic rings. The number of benzene rings is 2. The van der Waals surface area contributed by atoms with E-state index < -0.39 is 5.82 Å². The van der Waals surface area contributed by atoms with E-state index in [-0.39, 0.29) is 18.6 Å². The van der Waals surface area contributed by atoms with Crippen molar-refractivity contribution in [1.82, 2.24) is 25.5 Å². The first-order chi connectivity index (χ1) is 16.9. The van der Waals surface area contributed by atoms with Gasteiger partial charge in [0.25, 0.3) is 0 Å². The number of likely N-dealkylation sites (tertiary alicyclic amines) is 1. The van der Waals surface area contributed by atoms with Crippen LogP contribution in [0.4, 0.5) is 4.39 Å². The molecule has 0 saturated carbocycles. The average molecular weight is 496 g/mol. The zero-order valence-electron chi connectivity index (χ0n) is 20.5. The molecule has 0 bridgehead atoms. The number of fused-ring (bicyclic) bond motifs is 2. The van der Waals surface area contributed by atoms with Gasteiger partial charge in [0, 0.05) is 42.2 Å². The third-order valence-electron chi connectivity index (χ3n) is 6.87. The normalized spacial score (nSPS) is 15.8. The smallest absolute Gasteiger partial charge is 0.181 e. The van der Waals surface area contributed by atoms with Gasteiger partial charge in [-0.05, 0) is 42.2 Å². The van der Waals surface area contributed by atoms with E-state index in [4.69, 9.17) is 14.2 Å².